The van der Waals surface area contributed by atoms with Gasteiger partial charge in [0, 0.05) is 23.3 Å². The molecule has 0 aromatic carbocycles. The van der Waals surface area contributed by atoms with Crippen molar-refractivity contribution in [2.75, 3.05) is 0 Å². The molecular weight excluding hydrogens is 180 g/mol. The van der Waals surface area contributed by atoms with E-state index in [2.05, 4.69) is 0 Å². The lowest BCUT2D eigenvalue weighted by molar-refractivity contribution is -0.0510. The molecule has 0 heterocycles. The van der Waals surface area contributed by atoms with E-state index in [9.17, 15) is 0 Å². The minimum atomic E-state index is -3.97. The molecule has 0 radical (unpaired) electrons. The van der Waals surface area contributed by atoms with Crippen LogP contribution in [0.4, 0.5) is 0 Å². The third-order valence-corrected chi connectivity index (χ3v) is 2.25. The van der Waals surface area contributed by atoms with Crippen molar-refractivity contribution in [3.05, 3.63) is 0 Å². The van der Waals surface area contributed by atoms with Crippen molar-refractivity contribution in [2.24, 2.45) is 34.9 Å². The van der Waals surface area contributed by atoms with Crippen LogP contribution in [0.25, 0.3) is 0 Å². The van der Waals surface area contributed by atoms with Crippen molar-refractivity contribution in [2.45, 2.75) is 59.0 Å². The van der Waals surface area contributed by atoms with Gasteiger partial charge in [0.25, 0.3) is 0 Å². The molecule has 0 aromatic rings. The Kier molecular flexibility index (Phi) is 0.550. The van der Waals surface area contributed by atoms with Crippen LogP contribution in [0.15, 0.2) is 0 Å². The summed E-state index contributed by atoms with van der Waals surface area (Å²) in [7, 11) is 0. The molecule has 4 saturated carbocycles. The Balaban J connectivity index is 2.78. The Hall–Kier alpha value is 0. The molecule has 4 aliphatic carbocycles. The Labute approximate surface area is 119 Å². The molecule has 86 valence electrons. The second kappa shape index (κ2) is 3.25. The van der Waals surface area contributed by atoms with E-state index in [4.69, 9.17) is 23.3 Å². The van der Waals surface area contributed by atoms with Gasteiger partial charge in [-0.25, -0.2) is 0 Å². The zero-order valence-electron chi connectivity index (χ0n) is 26.0. The van der Waals surface area contributed by atoms with Gasteiger partial charge < -0.3 is 0 Å². The third-order valence-electron chi connectivity index (χ3n) is 2.25. The molecule has 0 heteroatoms. The van der Waals surface area contributed by atoms with E-state index in [0.29, 0.717) is 0 Å². The van der Waals surface area contributed by atoms with Crippen LogP contribution in [-0.4, -0.2) is 0 Å². The number of hydrogen-bond acceptors (Lipinski definition) is 0. The zero-order valence-corrected chi connectivity index (χ0v) is 9.00. The predicted octanol–water partition coefficient (Wildman–Crippen LogP) is 4.49. The quantitative estimate of drug-likeness (QED) is 0.614. The normalized spacial score (nSPS) is 108. The summed E-state index contributed by atoms with van der Waals surface area (Å²) < 4.78 is 147. The lowest BCUT2D eigenvalue weighted by Crippen LogP contribution is -2.46. The highest BCUT2D eigenvalue weighted by Gasteiger charge is 2.48. The smallest absolute Gasteiger partial charge is 0.0309 e. The first kappa shape index (κ1) is 2.54. The molecule has 0 saturated heterocycles. The average molecular weight is 223 g/mol. The molecule has 0 spiro atoms. The highest BCUT2D eigenvalue weighted by Crippen LogP contribution is 2.58. The lowest BCUT2D eigenvalue weighted by atomic mass is 9.50. The van der Waals surface area contributed by atoms with Crippen molar-refractivity contribution in [3.8, 4) is 0 Å². The van der Waals surface area contributed by atoms with E-state index in [1.807, 2.05) is 0 Å². The standard InChI is InChI=1S/C15H26/c1-15(2,3)9-14-12-5-10-4-11(7-12)8-13(14)6-10/h10-14H,4-9H2,1-3H3/i4D2,5D2,6D2,7D2,8D2,9D2,10D,11D,12D,13D,14D. The number of rotatable bonds is 1. The van der Waals surface area contributed by atoms with Crippen molar-refractivity contribution in [1.29, 1.82) is 0 Å². The van der Waals surface area contributed by atoms with Gasteiger partial charge >= 0.3 is 0 Å². The van der Waals surface area contributed by atoms with Crippen molar-refractivity contribution >= 4 is 0 Å². The highest BCUT2D eigenvalue weighted by atomic mass is 14.5. The van der Waals surface area contributed by atoms with E-state index < -0.39 is 73.1 Å². The average Bonchev–Trinajstić information content (AvgIpc) is 2.59. The van der Waals surface area contributed by atoms with Gasteiger partial charge in [-0.05, 0) is 73.1 Å². The van der Waals surface area contributed by atoms with Crippen LogP contribution in [0.1, 0.15) is 82.3 Å². The molecule has 4 bridgehead atoms. The molecular formula is C15H26. The first-order chi connectivity index (χ1) is 13.5. The Morgan fingerprint density at radius 3 is 1.93 bits per heavy atom. The van der Waals surface area contributed by atoms with E-state index in [1.165, 1.54) is 20.8 Å². The van der Waals surface area contributed by atoms with Crippen molar-refractivity contribution < 1.29 is 23.3 Å². The molecule has 0 unspecified atom stereocenters. The maximum Gasteiger partial charge on any atom is 0.0309 e. The summed E-state index contributed by atoms with van der Waals surface area (Å²) in [5, 5.41) is 0. The Bertz CT molecular complexity index is 791. The Morgan fingerprint density at radius 2 is 1.53 bits per heavy atom. The molecule has 0 aromatic heterocycles. The minimum Gasteiger partial charge on any atom is -0.0602 e. The fraction of sp³-hybridized carbons (Fsp3) is 1.00. The summed E-state index contributed by atoms with van der Waals surface area (Å²) in [5.74, 6) is -19.5. The zero-order chi connectivity index (χ0) is 26.0. The van der Waals surface area contributed by atoms with Gasteiger partial charge in [0.15, 0.2) is 0 Å². The molecule has 4 fully saturated rings. The fourth-order valence-electron chi connectivity index (χ4n) is 1.75. The lowest BCUT2D eigenvalue weighted by Gasteiger charge is -2.55. The Morgan fingerprint density at radius 1 is 1.07 bits per heavy atom. The van der Waals surface area contributed by atoms with Gasteiger partial charge in [-0.1, -0.05) is 20.8 Å². The first-order valence-corrected chi connectivity index (χ1v) is 5.00. The van der Waals surface area contributed by atoms with Gasteiger partial charge in [-0.2, -0.15) is 0 Å². The molecule has 4 rings (SSSR count). The number of hydrogen-bond donors (Lipinski definition) is 0. The van der Waals surface area contributed by atoms with Crippen LogP contribution in [0, 0.1) is 34.9 Å². The summed E-state index contributed by atoms with van der Waals surface area (Å²) in [6.45, 7) is 3.55. The van der Waals surface area contributed by atoms with E-state index >= 15 is 0 Å². The third kappa shape index (κ3) is 1.85. The van der Waals surface area contributed by atoms with Crippen LogP contribution in [-0.2, 0) is 0 Å². The predicted molar refractivity (Wildman–Crippen MR) is 64.6 cm³/mol. The minimum absolute atomic E-state index is 1.18. The summed E-state index contributed by atoms with van der Waals surface area (Å²) in [5.41, 5.74) is -1.78. The van der Waals surface area contributed by atoms with Crippen LogP contribution >= 0.6 is 0 Å². The summed E-state index contributed by atoms with van der Waals surface area (Å²) in [6.07, 6.45) is -23.1. The van der Waals surface area contributed by atoms with E-state index in [1.54, 1.807) is 0 Å². The van der Waals surface area contributed by atoms with E-state index in [0.717, 1.165) is 0 Å². The van der Waals surface area contributed by atoms with Crippen LogP contribution in [0.5, 0.6) is 0 Å². The van der Waals surface area contributed by atoms with Crippen molar-refractivity contribution in [3.63, 3.8) is 0 Å². The summed E-state index contributed by atoms with van der Waals surface area (Å²) in [6, 6.07) is 0. The molecule has 0 atom stereocenters. The van der Waals surface area contributed by atoms with Crippen LogP contribution in [0.2, 0.25) is 0 Å². The SMILES string of the molecule is [2H]C1([2H])C2([2H])C([2H])([2H])C3([2H])C([2H])([2H])C1([2H])C([2H])([2H])C([2H])(C2([2H])[2H])C3([2H])C([2H])([2H])C(C)(C)C. The maximum atomic E-state index is 9.12. The molecule has 15 heavy (non-hydrogen) atoms. The largest absolute Gasteiger partial charge is 0.0602 e. The summed E-state index contributed by atoms with van der Waals surface area (Å²) >= 11 is 0. The van der Waals surface area contributed by atoms with Gasteiger partial charge in [-0.15, -0.1) is 0 Å². The molecule has 0 aliphatic heterocycles. The topological polar surface area (TPSA) is 0 Å². The molecule has 0 nitrogen and oxygen atoms in total. The van der Waals surface area contributed by atoms with E-state index in [-0.39, 0.29) is 0 Å². The highest BCUT2D eigenvalue weighted by molar-refractivity contribution is 4.98. The van der Waals surface area contributed by atoms with Gasteiger partial charge in [0.2, 0.25) is 0 Å². The van der Waals surface area contributed by atoms with Crippen LogP contribution < -0.4 is 0 Å². The molecule has 4 aliphatic rings. The molecule has 0 N–H and O–H groups in total. The van der Waals surface area contributed by atoms with Crippen molar-refractivity contribution in [1.82, 2.24) is 0 Å². The second-order valence-corrected chi connectivity index (χ2v) is 4.88. The summed E-state index contributed by atoms with van der Waals surface area (Å²) in [4.78, 5) is 0. The second-order valence-electron chi connectivity index (χ2n) is 4.88. The van der Waals surface area contributed by atoms with Gasteiger partial charge in [0.1, 0.15) is 0 Å². The monoisotopic (exact) mass is 223 g/mol. The van der Waals surface area contributed by atoms with Gasteiger partial charge in [-0.3, -0.25) is 0 Å². The molecule has 0 amide bonds. The first-order valence-electron chi connectivity index (χ1n) is 13.5. The fourth-order valence-corrected chi connectivity index (χ4v) is 1.75. The van der Waals surface area contributed by atoms with Gasteiger partial charge in [0.05, 0.1) is 0 Å². The maximum absolute atomic E-state index is 9.12. The van der Waals surface area contributed by atoms with Crippen LogP contribution in [0.3, 0.4) is 0 Å².